The van der Waals surface area contributed by atoms with Crippen LogP contribution in [-0.4, -0.2) is 41.5 Å². The van der Waals surface area contributed by atoms with E-state index in [1.54, 1.807) is 24.3 Å². The number of primary amides is 1. The summed E-state index contributed by atoms with van der Waals surface area (Å²) in [6.07, 6.45) is 1.48. The molecular formula is C16H23N3O3. The van der Waals surface area contributed by atoms with Gasteiger partial charge in [0.1, 0.15) is 5.75 Å². The third kappa shape index (κ3) is 4.46. The molecule has 22 heavy (non-hydrogen) atoms. The second-order valence-electron chi connectivity index (χ2n) is 5.84. The van der Waals surface area contributed by atoms with E-state index in [-0.39, 0.29) is 36.1 Å². The van der Waals surface area contributed by atoms with Crippen molar-refractivity contribution < 1.29 is 14.7 Å². The van der Waals surface area contributed by atoms with Gasteiger partial charge in [0.05, 0.1) is 12.6 Å². The summed E-state index contributed by atoms with van der Waals surface area (Å²) in [6, 6.07) is 6.73. The Kier molecular flexibility index (Phi) is 5.38. The van der Waals surface area contributed by atoms with Crippen molar-refractivity contribution in [3.63, 3.8) is 0 Å². The van der Waals surface area contributed by atoms with Crippen LogP contribution < -0.4 is 11.1 Å². The largest absolute Gasteiger partial charge is 0.508 e. The predicted octanol–water partition coefficient (Wildman–Crippen LogP) is 0.767. The van der Waals surface area contributed by atoms with E-state index in [2.05, 4.69) is 5.32 Å². The van der Waals surface area contributed by atoms with Crippen molar-refractivity contribution in [1.29, 1.82) is 0 Å². The SMILES string of the molecule is C[C@@H](NC(=O)C1CCN(CC(N)=O)CC1)c1ccc(O)cc1. The topological polar surface area (TPSA) is 95.7 Å². The van der Waals surface area contributed by atoms with Gasteiger partial charge in [0, 0.05) is 5.92 Å². The van der Waals surface area contributed by atoms with E-state index in [0.717, 1.165) is 18.4 Å². The minimum absolute atomic E-state index is 0.0244. The summed E-state index contributed by atoms with van der Waals surface area (Å²) in [4.78, 5) is 25.2. The second kappa shape index (κ2) is 7.26. The number of likely N-dealkylation sites (tertiary alicyclic amines) is 1. The molecule has 1 aromatic rings. The molecule has 0 spiro atoms. The highest BCUT2D eigenvalue weighted by atomic mass is 16.3. The number of phenols is 1. The monoisotopic (exact) mass is 305 g/mol. The van der Waals surface area contributed by atoms with Gasteiger partial charge in [-0.3, -0.25) is 14.5 Å². The van der Waals surface area contributed by atoms with Gasteiger partial charge in [-0.05, 0) is 50.6 Å². The number of hydrogen-bond donors (Lipinski definition) is 3. The van der Waals surface area contributed by atoms with Crippen LogP contribution in [0.5, 0.6) is 5.75 Å². The lowest BCUT2D eigenvalue weighted by molar-refractivity contribution is -0.127. The zero-order chi connectivity index (χ0) is 16.1. The van der Waals surface area contributed by atoms with Crippen molar-refractivity contribution in [2.24, 2.45) is 11.7 Å². The molecule has 1 aliphatic rings. The number of nitrogens with zero attached hydrogens (tertiary/aromatic N) is 1. The summed E-state index contributed by atoms with van der Waals surface area (Å²) < 4.78 is 0. The van der Waals surface area contributed by atoms with Crippen LogP contribution in [-0.2, 0) is 9.59 Å². The van der Waals surface area contributed by atoms with Crippen LogP contribution in [0.4, 0.5) is 0 Å². The van der Waals surface area contributed by atoms with Gasteiger partial charge >= 0.3 is 0 Å². The Balaban J connectivity index is 1.83. The minimum atomic E-state index is -0.330. The molecule has 1 aliphatic heterocycles. The maximum atomic E-state index is 12.3. The van der Waals surface area contributed by atoms with Crippen LogP contribution in [0.2, 0.25) is 0 Å². The van der Waals surface area contributed by atoms with Crippen molar-refractivity contribution in [1.82, 2.24) is 10.2 Å². The molecule has 0 aromatic heterocycles. The van der Waals surface area contributed by atoms with Crippen LogP contribution in [0.25, 0.3) is 0 Å². The van der Waals surface area contributed by atoms with Gasteiger partial charge in [-0.1, -0.05) is 12.1 Å². The fourth-order valence-corrected chi connectivity index (χ4v) is 2.75. The molecule has 0 radical (unpaired) electrons. The van der Waals surface area contributed by atoms with E-state index in [9.17, 15) is 14.7 Å². The van der Waals surface area contributed by atoms with Crippen molar-refractivity contribution in [3.05, 3.63) is 29.8 Å². The van der Waals surface area contributed by atoms with Crippen molar-refractivity contribution in [2.45, 2.75) is 25.8 Å². The fraction of sp³-hybridized carbons (Fsp3) is 0.500. The smallest absolute Gasteiger partial charge is 0.231 e. The number of hydrogen-bond acceptors (Lipinski definition) is 4. The Morgan fingerprint density at radius 1 is 1.32 bits per heavy atom. The van der Waals surface area contributed by atoms with Crippen LogP contribution >= 0.6 is 0 Å². The summed E-state index contributed by atoms with van der Waals surface area (Å²) in [5.41, 5.74) is 6.14. The average molecular weight is 305 g/mol. The van der Waals surface area contributed by atoms with Crippen molar-refractivity contribution in [3.8, 4) is 5.75 Å². The molecule has 2 amide bonds. The lowest BCUT2D eigenvalue weighted by Gasteiger charge is -2.31. The van der Waals surface area contributed by atoms with Crippen LogP contribution in [0.15, 0.2) is 24.3 Å². The van der Waals surface area contributed by atoms with E-state index in [1.165, 1.54) is 0 Å². The molecule has 1 aromatic carbocycles. The van der Waals surface area contributed by atoms with E-state index >= 15 is 0 Å². The Bertz CT molecular complexity index is 522. The first-order valence-corrected chi connectivity index (χ1v) is 7.55. The second-order valence-corrected chi connectivity index (χ2v) is 5.84. The van der Waals surface area contributed by atoms with Crippen LogP contribution in [0.3, 0.4) is 0 Å². The van der Waals surface area contributed by atoms with Gasteiger partial charge in [0.15, 0.2) is 0 Å². The normalized spacial score (nSPS) is 17.9. The summed E-state index contributed by atoms with van der Waals surface area (Å²) in [6.45, 7) is 3.62. The van der Waals surface area contributed by atoms with Gasteiger partial charge in [-0.15, -0.1) is 0 Å². The zero-order valence-electron chi connectivity index (χ0n) is 12.8. The third-order valence-corrected chi connectivity index (χ3v) is 4.09. The zero-order valence-corrected chi connectivity index (χ0v) is 12.8. The number of nitrogens with two attached hydrogens (primary N) is 1. The molecule has 6 heteroatoms. The van der Waals surface area contributed by atoms with E-state index < -0.39 is 0 Å². The molecule has 1 fully saturated rings. The predicted molar refractivity (Wildman–Crippen MR) is 83.0 cm³/mol. The quantitative estimate of drug-likeness (QED) is 0.748. The number of phenolic OH excluding ortho intramolecular Hbond substituents is 1. The first-order chi connectivity index (χ1) is 10.5. The summed E-state index contributed by atoms with van der Waals surface area (Å²) in [5, 5.41) is 12.3. The minimum Gasteiger partial charge on any atom is -0.508 e. The van der Waals surface area contributed by atoms with E-state index in [4.69, 9.17) is 5.73 Å². The van der Waals surface area contributed by atoms with Gasteiger partial charge in [0.2, 0.25) is 11.8 Å². The van der Waals surface area contributed by atoms with Gasteiger partial charge < -0.3 is 16.2 Å². The molecule has 0 bridgehead atoms. The lowest BCUT2D eigenvalue weighted by atomic mass is 9.95. The molecular weight excluding hydrogens is 282 g/mol. The van der Waals surface area contributed by atoms with Gasteiger partial charge in [0.25, 0.3) is 0 Å². The highest BCUT2D eigenvalue weighted by Crippen LogP contribution is 2.20. The van der Waals surface area contributed by atoms with Crippen LogP contribution in [0.1, 0.15) is 31.4 Å². The number of benzene rings is 1. The number of piperidine rings is 1. The summed E-state index contributed by atoms with van der Waals surface area (Å²) in [5.74, 6) is -0.101. The standard InChI is InChI=1S/C16H23N3O3/c1-11(12-2-4-14(20)5-3-12)18-16(22)13-6-8-19(9-7-13)10-15(17)21/h2-5,11,13,20H,6-10H2,1H3,(H2,17,21)(H,18,22)/t11-/m1/s1. The summed E-state index contributed by atoms with van der Waals surface area (Å²) >= 11 is 0. The molecule has 1 atom stereocenters. The number of aromatic hydroxyl groups is 1. The molecule has 2 rings (SSSR count). The van der Waals surface area contributed by atoms with Crippen molar-refractivity contribution >= 4 is 11.8 Å². The number of carbonyl (C=O) groups is 2. The maximum Gasteiger partial charge on any atom is 0.231 e. The third-order valence-electron chi connectivity index (χ3n) is 4.09. The molecule has 0 saturated carbocycles. The lowest BCUT2D eigenvalue weighted by Crippen LogP contribution is -2.43. The van der Waals surface area contributed by atoms with E-state index in [1.807, 2.05) is 11.8 Å². The molecule has 0 aliphatic carbocycles. The van der Waals surface area contributed by atoms with Gasteiger partial charge in [-0.2, -0.15) is 0 Å². The fourth-order valence-electron chi connectivity index (χ4n) is 2.75. The maximum absolute atomic E-state index is 12.3. The Morgan fingerprint density at radius 3 is 2.45 bits per heavy atom. The Labute approximate surface area is 130 Å². The molecule has 4 N–H and O–H groups in total. The molecule has 0 unspecified atom stereocenters. The van der Waals surface area contributed by atoms with Gasteiger partial charge in [-0.25, -0.2) is 0 Å². The molecule has 6 nitrogen and oxygen atoms in total. The number of amides is 2. The average Bonchev–Trinajstić information content (AvgIpc) is 2.48. The molecule has 1 saturated heterocycles. The highest BCUT2D eigenvalue weighted by Gasteiger charge is 2.26. The molecule has 120 valence electrons. The number of nitrogens with one attached hydrogen (secondary N) is 1. The Morgan fingerprint density at radius 2 is 1.91 bits per heavy atom. The summed E-state index contributed by atoms with van der Waals surface area (Å²) in [7, 11) is 0. The van der Waals surface area contributed by atoms with Crippen LogP contribution in [0, 0.1) is 5.92 Å². The van der Waals surface area contributed by atoms with Crippen molar-refractivity contribution in [2.75, 3.05) is 19.6 Å². The first-order valence-electron chi connectivity index (χ1n) is 7.55. The number of rotatable bonds is 5. The number of carbonyl (C=O) groups excluding carboxylic acids is 2. The Hall–Kier alpha value is -2.08. The highest BCUT2D eigenvalue weighted by molar-refractivity contribution is 5.79. The molecule has 1 heterocycles. The first kappa shape index (κ1) is 16.3. The van der Waals surface area contributed by atoms with E-state index in [0.29, 0.717) is 13.1 Å².